The Bertz CT molecular complexity index is 452. The molecule has 0 aliphatic carbocycles. The molecule has 2 N–H and O–H groups in total. The van der Waals surface area contributed by atoms with Gasteiger partial charge in [0.1, 0.15) is 11.6 Å². The summed E-state index contributed by atoms with van der Waals surface area (Å²) in [4.78, 5) is 17.8. The molecule has 1 aromatic heterocycles. The molecule has 1 aliphatic heterocycles. The first-order valence-corrected chi connectivity index (χ1v) is 5.96. The summed E-state index contributed by atoms with van der Waals surface area (Å²) >= 11 is 0. The van der Waals surface area contributed by atoms with Crippen molar-refractivity contribution in [3.8, 4) is 0 Å². The molecule has 2 heterocycles. The molecule has 98 valence electrons. The highest BCUT2D eigenvalue weighted by molar-refractivity contribution is 5.83. The molecule has 1 saturated heterocycles. The first-order valence-electron chi connectivity index (χ1n) is 5.96. The van der Waals surface area contributed by atoms with Gasteiger partial charge in [0, 0.05) is 0 Å². The van der Waals surface area contributed by atoms with E-state index in [0.29, 0.717) is 11.4 Å². The van der Waals surface area contributed by atoms with Gasteiger partial charge in [-0.25, -0.2) is 9.37 Å². The third-order valence-corrected chi connectivity index (χ3v) is 3.17. The quantitative estimate of drug-likeness (QED) is 0.790. The molecule has 0 saturated carbocycles. The summed E-state index contributed by atoms with van der Waals surface area (Å²) in [7, 11) is 1.93. The fourth-order valence-electron chi connectivity index (χ4n) is 2.12. The van der Waals surface area contributed by atoms with Crippen molar-refractivity contribution in [1.29, 1.82) is 0 Å². The van der Waals surface area contributed by atoms with Crippen molar-refractivity contribution in [2.45, 2.75) is 25.8 Å². The van der Waals surface area contributed by atoms with Crippen LogP contribution >= 0.6 is 0 Å². The largest absolute Gasteiger partial charge is 0.295 e. The second-order valence-electron chi connectivity index (χ2n) is 4.57. The Morgan fingerprint density at radius 1 is 1.61 bits per heavy atom. The molecule has 1 amide bonds. The van der Waals surface area contributed by atoms with Gasteiger partial charge in [-0.1, -0.05) is 0 Å². The van der Waals surface area contributed by atoms with Crippen molar-refractivity contribution < 1.29 is 9.18 Å². The number of likely N-dealkylation sites (N-methyl/N-ethyl adjacent to an activating group) is 1. The van der Waals surface area contributed by atoms with E-state index in [-0.39, 0.29) is 17.8 Å². The number of aromatic nitrogens is 1. The average Bonchev–Trinajstić information content (AvgIpc) is 2.74. The first kappa shape index (κ1) is 12.8. The van der Waals surface area contributed by atoms with Crippen molar-refractivity contribution in [3.05, 3.63) is 23.6 Å². The van der Waals surface area contributed by atoms with Crippen LogP contribution in [0.4, 0.5) is 10.2 Å². The number of likely N-dealkylation sites (tertiary alicyclic amines) is 1. The van der Waals surface area contributed by atoms with Crippen molar-refractivity contribution in [1.82, 2.24) is 15.3 Å². The topological polar surface area (TPSA) is 57.3 Å². The van der Waals surface area contributed by atoms with Crippen LogP contribution in [0.5, 0.6) is 0 Å². The van der Waals surface area contributed by atoms with Crippen molar-refractivity contribution in [3.63, 3.8) is 0 Å². The normalized spacial score (nSPS) is 19.8. The second kappa shape index (κ2) is 5.30. The van der Waals surface area contributed by atoms with E-state index < -0.39 is 0 Å². The van der Waals surface area contributed by atoms with E-state index in [1.165, 1.54) is 6.07 Å². The van der Waals surface area contributed by atoms with Gasteiger partial charge >= 0.3 is 0 Å². The van der Waals surface area contributed by atoms with Crippen LogP contribution in [0, 0.1) is 12.7 Å². The lowest BCUT2D eigenvalue weighted by atomic mass is 10.2. The molecular weight excluding hydrogens is 235 g/mol. The van der Waals surface area contributed by atoms with E-state index in [1.807, 2.05) is 11.9 Å². The zero-order valence-electron chi connectivity index (χ0n) is 10.5. The van der Waals surface area contributed by atoms with E-state index in [0.717, 1.165) is 25.6 Å². The molecule has 6 heteroatoms. The summed E-state index contributed by atoms with van der Waals surface area (Å²) in [6, 6.07) is 1.27. The van der Waals surface area contributed by atoms with Gasteiger partial charge in [0.2, 0.25) is 0 Å². The minimum atomic E-state index is -0.389. The number of anilines is 1. The zero-order chi connectivity index (χ0) is 13.1. The number of hydrogen-bond donors (Lipinski definition) is 2. The molecule has 0 radical (unpaired) electrons. The molecule has 1 atom stereocenters. The van der Waals surface area contributed by atoms with Gasteiger partial charge in [0.15, 0.2) is 0 Å². The molecule has 18 heavy (non-hydrogen) atoms. The summed E-state index contributed by atoms with van der Waals surface area (Å²) < 4.78 is 12.9. The van der Waals surface area contributed by atoms with Crippen LogP contribution < -0.4 is 10.9 Å². The molecule has 1 unspecified atom stereocenters. The van der Waals surface area contributed by atoms with Crippen LogP contribution in [0.2, 0.25) is 0 Å². The maximum Gasteiger partial charge on any atom is 0.255 e. The van der Waals surface area contributed by atoms with E-state index in [2.05, 4.69) is 15.8 Å². The van der Waals surface area contributed by atoms with E-state index in [9.17, 15) is 9.18 Å². The van der Waals surface area contributed by atoms with Crippen LogP contribution in [-0.2, 0) is 4.79 Å². The van der Waals surface area contributed by atoms with E-state index in [4.69, 9.17) is 0 Å². The summed E-state index contributed by atoms with van der Waals surface area (Å²) in [5.74, 6) is -0.00849. The number of nitrogens with one attached hydrogen (secondary N) is 2. The number of amides is 1. The average molecular weight is 252 g/mol. The second-order valence-corrected chi connectivity index (χ2v) is 4.57. The summed E-state index contributed by atoms with van der Waals surface area (Å²) in [5, 5.41) is 0. The summed E-state index contributed by atoms with van der Waals surface area (Å²) in [6.07, 6.45) is 3.01. The lowest BCUT2D eigenvalue weighted by Gasteiger charge is -2.19. The van der Waals surface area contributed by atoms with E-state index >= 15 is 0 Å². The lowest BCUT2D eigenvalue weighted by molar-refractivity contribution is -0.124. The minimum absolute atomic E-state index is 0.0828. The fourth-order valence-corrected chi connectivity index (χ4v) is 2.12. The predicted molar refractivity (Wildman–Crippen MR) is 66.3 cm³/mol. The molecule has 2 rings (SSSR count). The number of hydrazine groups is 1. The van der Waals surface area contributed by atoms with E-state index in [1.54, 1.807) is 6.92 Å². The number of halogens is 1. The van der Waals surface area contributed by atoms with Gasteiger partial charge in [-0.15, -0.1) is 0 Å². The number of rotatable bonds is 3. The highest BCUT2D eigenvalue weighted by Crippen LogP contribution is 2.15. The molecule has 1 aliphatic rings. The van der Waals surface area contributed by atoms with Gasteiger partial charge in [0.05, 0.1) is 12.2 Å². The van der Waals surface area contributed by atoms with Crippen molar-refractivity contribution in [2.75, 3.05) is 19.0 Å². The van der Waals surface area contributed by atoms with Crippen LogP contribution in [0.1, 0.15) is 18.4 Å². The van der Waals surface area contributed by atoms with Crippen molar-refractivity contribution >= 4 is 11.7 Å². The monoisotopic (exact) mass is 252 g/mol. The smallest absolute Gasteiger partial charge is 0.255 e. The van der Waals surface area contributed by atoms with Gasteiger partial charge in [0.25, 0.3) is 5.91 Å². The fraction of sp³-hybridized carbons (Fsp3) is 0.500. The lowest BCUT2D eigenvalue weighted by Crippen LogP contribution is -2.43. The predicted octanol–water partition coefficient (Wildman–Crippen LogP) is 1.07. The Kier molecular flexibility index (Phi) is 3.76. The molecule has 0 aromatic carbocycles. The van der Waals surface area contributed by atoms with Crippen LogP contribution in [-0.4, -0.2) is 35.4 Å². The maximum absolute atomic E-state index is 12.9. The van der Waals surface area contributed by atoms with Crippen LogP contribution in [0.25, 0.3) is 0 Å². The SMILES string of the molecule is Cc1cc(F)cnc1NNC(=O)C1CCCN1C. The standard InChI is InChI=1S/C12H17FN4O/c1-8-6-9(13)7-14-11(8)15-16-12(18)10-4-3-5-17(10)2/h6-7,10H,3-5H2,1-2H3,(H,14,15)(H,16,18). The van der Waals surface area contributed by atoms with Crippen LogP contribution in [0.3, 0.4) is 0 Å². The first-order chi connectivity index (χ1) is 8.58. The Morgan fingerprint density at radius 2 is 2.39 bits per heavy atom. The Morgan fingerprint density at radius 3 is 3.00 bits per heavy atom. The molecular formula is C12H17FN4O. The summed E-state index contributed by atoms with van der Waals surface area (Å²) in [6.45, 7) is 2.66. The molecule has 5 nitrogen and oxygen atoms in total. The maximum atomic E-state index is 12.9. The number of hydrogen-bond acceptors (Lipinski definition) is 4. The third-order valence-electron chi connectivity index (χ3n) is 3.17. The Balaban J connectivity index is 1.93. The molecule has 0 bridgehead atoms. The number of nitrogens with zero attached hydrogens (tertiary/aromatic N) is 2. The molecule has 1 aromatic rings. The Labute approximate surface area is 105 Å². The number of carbonyl (C=O) groups excluding carboxylic acids is 1. The number of aryl methyl sites for hydroxylation is 1. The van der Waals surface area contributed by atoms with Gasteiger partial charge < -0.3 is 0 Å². The van der Waals surface area contributed by atoms with Gasteiger partial charge in [-0.05, 0) is 45.0 Å². The van der Waals surface area contributed by atoms with Gasteiger partial charge in [-0.3, -0.25) is 20.5 Å². The Hall–Kier alpha value is -1.69. The van der Waals surface area contributed by atoms with Crippen molar-refractivity contribution in [2.24, 2.45) is 0 Å². The highest BCUT2D eigenvalue weighted by atomic mass is 19.1. The number of pyridine rings is 1. The number of carbonyl (C=O) groups is 1. The minimum Gasteiger partial charge on any atom is -0.295 e. The third kappa shape index (κ3) is 2.76. The molecule has 1 fully saturated rings. The van der Waals surface area contributed by atoms with Crippen LogP contribution in [0.15, 0.2) is 12.3 Å². The zero-order valence-corrected chi connectivity index (χ0v) is 10.5. The molecule has 0 spiro atoms. The highest BCUT2D eigenvalue weighted by Gasteiger charge is 2.27. The van der Waals surface area contributed by atoms with Gasteiger partial charge in [-0.2, -0.15) is 0 Å². The summed E-state index contributed by atoms with van der Waals surface area (Å²) in [5.41, 5.74) is 6.00.